The fourth-order valence-corrected chi connectivity index (χ4v) is 7.91. The Bertz CT molecular complexity index is 1200. The minimum atomic E-state index is -0.549. The first kappa shape index (κ1) is 30.1. The average molecular weight is 599 g/mol. The molecule has 2 N–H and O–H groups in total. The van der Waals surface area contributed by atoms with E-state index in [2.05, 4.69) is 22.7 Å². The van der Waals surface area contributed by atoms with Gasteiger partial charge in [0.25, 0.3) is 5.91 Å². The number of carbonyl (C=O) groups is 3. The summed E-state index contributed by atoms with van der Waals surface area (Å²) in [5, 5.41) is 10.9. The summed E-state index contributed by atoms with van der Waals surface area (Å²) >= 11 is 0. The number of ether oxygens (including phenoxy) is 2. The predicted molar refractivity (Wildman–Crippen MR) is 161 cm³/mol. The Morgan fingerprint density at radius 2 is 1.77 bits per heavy atom. The van der Waals surface area contributed by atoms with Gasteiger partial charge in [0.2, 0.25) is 5.88 Å². The number of carbonyl (C=O) groups excluding carboxylic acids is 3. The summed E-state index contributed by atoms with van der Waals surface area (Å²) in [6.07, 6.45) is 11.1. The summed E-state index contributed by atoms with van der Waals surface area (Å²) in [6, 6.07) is 0.0394. The highest BCUT2D eigenvalue weighted by Gasteiger charge is 2.74. The van der Waals surface area contributed by atoms with E-state index in [1.807, 2.05) is 20.8 Å². The molecule has 11 heteroatoms. The predicted octanol–water partition coefficient (Wildman–Crippen LogP) is 4.27. The minimum absolute atomic E-state index is 0.102. The molecule has 0 aromatic carbocycles. The Kier molecular flexibility index (Phi) is 8.28. The molecule has 6 rings (SSSR count). The van der Waals surface area contributed by atoms with Crippen LogP contribution >= 0.6 is 0 Å². The van der Waals surface area contributed by atoms with Gasteiger partial charge in [-0.3, -0.25) is 4.79 Å². The summed E-state index contributed by atoms with van der Waals surface area (Å²) in [5.74, 6) is 2.87. The first-order valence-corrected chi connectivity index (χ1v) is 16.5. The maximum Gasteiger partial charge on any atom is 0.410 e. The van der Waals surface area contributed by atoms with E-state index >= 15 is 0 Å². The number of piperazine rings is 1. The van der Waals surface area contributed by atoms with Crippen molar-refractivity contribution in [1.29, 1.82) is 0 Å². The molecule has 5 fully saturated rings. The molecule has 0 bridgehead atoms. The van der Waals surface area contributed by atoms with Gasteiger partial charge in [-0.1, -0.05) is 26.2 Å². The van der Waals surface area contributed by atoms with Crippen molar-refractivity contribution in [2.75, 3.05) is 39.3 Å². The number of urea groups is 1. The molecule has 5 aliphatic rings. The van der Waals surface area contributed by atoms with Crippen LogP contribution in [0.1, 0.15) is 89.4 Å². The zero-order valence-corrected chi connectivity index (χ0v) is 26.4. The highest BCUT2D eigenvalue weighted by atomic mass is 16.6. The van der Waals surface area contributed by atoms with Crippen LogP contribution < -0.4 is 15.4 Å². The quantitative estimate of drug-likeness (QED) is 0.462. The third kappa shape index (κ3) is 6.60. The van der Waals surface area contributed by atoms with Crippen LogP contribution in [0.25, 0.3) is 0 Å². The molecule has 43 heavy (non-hydrogen) atoms. The lowest BCUT2D eigenvalue weighted by molar-refractivity contribution is 0.0170. The number of amides is 4. The average Bonchev–Trinajstić information content (AvgIpc) is 3.83. The van der Waals surface area contributed by atoms with E-state index in [4.69, 9.17) is 9.47 Å². The number of nitrogens with one attached hydrogen (secondary N) is 2. The number of aromatic nitrogens is 2. The number of hydrogen-bond acceptors (Lipinski definition) is 6. The summed E-state index contributed by atoms with van der Waals surface area (Å²) in [5.41, 5.74) is 0.474. The van der Waals surface area contributed by atoms with Crippen molar-refractivity contribution in [3.63, 3.8) is 0 Å². The Morgan fingerprint density at radius 1 is 1.05 bits per heavy atom. The van der Waals surface area contributed by atoms with Gasteiger partial charge < -0.3 is 29.9 Å². The summed E-state index contributed by atoms with van der Waals surface area (Å²) in [7, 11) is 0. The molecule has 11 nitrogen and oxygen atoms in total. The molecule has 2 heterocycles. The van der Waals surface area contributed by atoms with E-state index in [1.54, 1.807) is 20.7 Å². The second kappa shape index (κ2) is 11.8. The van der Waals surface area contributed by atoms with Crippen LogP contribution in [0.3, 0.4) is 0 Å². The van der Waals surface area contributed by atoms with Crippen molar-refractivity contribution in [3.05, 3.63) is 11.8 Å². The van der Waals surface area contributed by atoms with Crippen LogP contribution in [0.15, 0.2) is 6.20 Å². The van der Waals surface area contributed by atoms with Crippen LogP contribution in [0.5, 0.6) is 5.88 Å². The molecule has 1 aromatic heterocycles. The molecule has 5 unspecified atom stereocenters. The van der Waals surface area contributed by atoms with Crippen molar-refractivity contribution < 1.29 is 23.9 Å². The summed E-state index contributed by atoms with van der Waals surface area (Å²) < 4.78 is 13.5. The molecule has 4 amide bonds. The van der Waals surface area contributed by atoms with Crippen LogP contribution in [-0.4, -0.2) is 88.6 Å². The van der Waals surface area contributed by atoms with Gasteiger partial charge in [0, 0.05) is 38.8 Å². The van der Waals surface area contributed by atoms with Crippen LogP contribution in [0.4, 0.5) is 9.59 Å². The highest BCUT2D eigenvalue weighted by molar-refractivity contribution is 5.96. The van der Waals surface area contributed by atoms with Crippen molar-refractivity contribution >= 4 is 18.0 Å². The van der Waals surface area contributed by atoms with Crippen molar-refractivity contribution in [2.45, 2.75) is 97.2 Å². The Hall–Kier alpha value is -2.98. The largest absolute Gasteiger partial charge is 0.477 e. The van der Waals surface area contributed by atoms with Crippen LogP contribution in [-0.2, 0) is 11.3 Å². The molecule has 1 spiro atoms. The maximum atomic E-state index is 13.6. The van der Waals surface area contributed by atoms with Gasteiger partial charge in [-0.05, 0) is 82.0 Å². The molecular formula is C32H50N6O5. The number of hydrogen-bond donors (Lipinski definition) is 2. The van der Waals surface area contributed by atoms with Gasteiger partial charge in [-0.25, -0.2) is 14.3 Å². The molecule has 1 aliphatic heterocycles. The van der Waals surface area contributed by atoms with Crippen molar-refractivity contribution in [1.82, 2.24) is 30.2 Å². The third-order valence-corrected chi connectivity index (χ3v) is 10.5. The Balaban J connectivity index is 1.04. The van der Waals surface area contributed by atoms with E-state index in [-0.39, 0.29) is 24.1 Å². The lowest BCUT2D eigenvalue weighted by Crippen LogP contribution is -2.54. The highest BCUT2D eigenvalue weighted by Crippen LogP contribution is 2.80. The lowest BCUT2D eigenvalue weighted by atomic mass is 9.85. The first-order valence-electron chi connectivity index (χ1n) is 16.5. The molecular weight excluding hydrogens is 548 g/mol. The van der Waals surface area contributed by atoms with Gasteiger partial charge in [0.1, 0.15) is 11.2 Å². The molecule has 0 radical (unpaired) electrons. The third-order valence-electron chi connectivity index (χ3n) is 10.5. The fourth-order valence-electron chi connectivity index (χ4n) is 7.91. The van der Waals surface area contributed by atoms with Crippen molar-refractivity contribution in [3.8, 4) is 5.88 Å². The molecule has 4 aliphatic carbocycles. The monoisotopic (exact) mass is 598 g/mol. The smallest absolute Gasteiger partial charge is 0.410 e. The minimum Gasteiger partial charge on any atom is -0.477 e. The van der Waals surface area contributed by atoms with Gasteiger partial charge >= 0.3 is 12.1 Å². The van der Waals surface area contributed by atoms with Gasteiger partial charge in [-0.15, -0.1) is 0 Å². The summed E-state index contributed by atoms with van der Waals surface area (Å²) in [4.78, 5) is 42.2. The zero-order chi connectivity index (χ0) is 30.4. The molecule has 238 valence electrons. The van der Waals surface area contributed by atoms with Crippen LogP contribution in [0.2, 0.25) is 0 Å². The lowest BCUT2D eigenvalue weighted by Gasteiger charge is -2.35. The zero-order valence-electron chi connectivity index (χ0n) is 26.4. The van der Waals surface area contributed by atoms with Gasteiger partial charge in [-0.2, -0.15) is 5.10 Å². The summed E-state index contributed by atoms with van der Waals surface area (Å²) in [6.45, 7) is 10.9. The molecule has 5 atom stereocenters. The maximum absolute atomic E-state index is 13.6. The van der Waals surface area contributed by atoms with E-state index in [9.17, 15) is 14.4 Å². The van der Waals surface area contributed by atoms with Crippen molar-refractivity contribution in [2.24, 2.45) is 29.1 Å². The topological polar surface area (TPSA) is 118 Å². The Labute approximate surface area is 255 Å². The fraction of sp³-hybridized carbons (Fsp3) is 0.812. The van der Waals surface area contributed by atoms with E-state index in [0.717, 1.165) is 18.8 Å². The molecule has 4 saturated carbocycles. The molecule has 1 aromatic rings. The number of rotatable bonds is 8. The van der Waals surface area contributed by atoms with Crippen LogP contribution in [0, 0.1) is 29.1 Å². The van der Waals surface area contributed by atoms with Gasteiger partial charge in [0.05, 0.1) is 19.3 Å². The van der Waals surface area contributed by atoms with Gasteiger partial charge in [0.15, 0.2) is 0 Å². The first-order chi connectivity index (χ1) is 20.5. The SMILES string of the molecule is CC1CC2CC23CC3C1NC(=O)c1cnn(CCNC(=O)N2CCN(C(=O)OC(C)(C)C)CC2)c1OCC1CCCCC1. The number of nitrogens with zero attached hydrogens (tertiary/aromatic N) is 4. The second-order valence-corrected chi connectivity index (χ2v) is 14.7. The Morgan fingerprint density at radius 3 is 2.49 bits per heavy atom. The van der Waals surface area contributed by atoms with E-state index in [1.165, 1.54) is 38.5 Å². The normalized spacial score (nSPS) is 30.1. The standard InChI is InChI=1S/C32H50N6O5/c1-21-16-23-17-32(23)18-25(32)26(21)35-27(39)24-19-34-38(28(24)42-20-22-8-6-5-7-9-22)11-10-33-29(40)36-12-14-37(15-13-36)30(41)43-31(2,3)4/h19,21-23,25-26H,5-18,20H2,1-4H3,(H,33,40)(H,35,39). The van der Waals surface area contributed by atoms with E-state index in [0.29, 0.717) is 80.5 Å². The molecule has 1 saturated heterocycles. The second-order valence-electron chi connectivity index (χ2n) is 14.7. The van der Waals surface area contributed by atoms with E-state index < -0.39 is 5.60 Å².